The molecule has 0 aliphatic carbocycles. The number of carbonyl (C=O) groups is 4. The first kappa shape index (κ1) is 16.8. The molecule has 24 heavy (non-hydrogen) atoms. The molecular formula is C16H19N3O4S. The minimum Gasteiger partial charge on any atom is -0.339 e. The van der Waals surface area contributed by atoms with Crippen LogP contribution in [0.4, 0.5) is 0 Å². The summed E-state index contributed by atoms with van der Waals surface area (Å²) in [5, 5.41) is 1.88. The van der Waals surface area contributed by atoms with Crippen molar-refractivity contribution in [2.45, 2.75) is 12.8 Å². The van der Waals surface area contributed by atoms with E-state index in [0.717, 1.165) is 9.78 Å². The molecule has 0 saturated carbocycles. The summed E-state index contributed by atoms with van der Waals surface area (Å²) in [6.07, 6.45) is 0.398. The fourth-order valence-corrected chi connectivity index (χ4v) is 3.56. The SMILES string of the molecule is O=C(CN1CCN(C(=O)CN2C(=O)CCC2=O)CC1)c1cccs1. The first-order valence-corrected chi connectivity index (χ1v) is 8.82. The van der Waals surface area contributed by atoms with Crippen LogP contribution in [-0.4, -0.2) is 77.5 Å². The molecule has 0 radical (unpaired) electrons. The molecule has 3 amide bonds. The second kappa shape index (κ2) is 7.23. The van der Waals surface area contributed by atoms with Crippen LogP contribution in [0.5, 0.6) is 0 Å². The van der Waals surface area contributed by atoms with E-state index >= 15 is 0 Å². The highest BCUT2D eigenvalue weighted by Gasteiger charge is 2.32. The fraction of sp³-hybridized carbons (Fsp3) is 0.500. The topological polar surface area (TPSA) is 78.0 Å². The Hall–Kier alpha value is -2.06. The summed E-state index contributed by atoms with van der Waals surface area (Å²) in [7, 11) is 0. The zero-order valence-corrected chi connectivity index (χ0v) is 14.1. The van der Waals surface area contributed by atoms with Crippen molar-refractivity contribution in [2.24, 2.45) is 0 Å². The number of hydrogen-bond acceptors (Lipinski definition) is 6. The van der Waals surface area contributed by atoms with Crippen molar-refractivity contribution in [3.8, 4) is 0 Å². The maximum atomic E-state index is 12.3. The zero-order valence-electron chi connectivity index (χ0n) is 13.3. The minimum atomic E-state index is -0.270. The zero-order chi connectivity index (χ0) is 17.1. The number of hydrogen-bond donors (Lipinski definition) is 0. The maximum Gasteiger partial charge on any atom is 0.242 e. The lowest BCUT2D eigenvalue weighted by molar-refractivity contribution is -0.146. The molecule has 1 aromatic heterocycles. The van der Waals surface area contributed by atoms with Gasteiger partial charge in [0.05, 0.1) is 11.4 Å². The highest BCUT2D eigenvalue weighted by molar-refractivity contribution is 7.12. The van der Waals surface area contributed by atoms with E-state index < -0.39 is 0 Å². The van der Waals surface area contributed by atoms with Gasteiger partial charge in [-0.1, -0.05) is 6.07 Å². The maximum absolute atomic E-state index is 12.3. The molecular weight excluding hydrogens is 330 g/mol. The largest absolute Gasteiger partial charge is 0.339 e. The normalized spacial score (nSPS) is 19.2. The van der Waals surface area contributed by atoms with Gasteiger partial charge in [0.15, 0.2) is 5.78 Å². The van der Waals surface area contributed by atoms with Gasteiger partial charge < -0.3 is 4.90 Å². The molecule has 2 aliphatic heterocycles. The third kappa shape index (κ3) is 3.70. The Morgan fingerprint density at radius 1 is 1.00 bits per heavy atom. The Labute approximate surface area is 143 Å². The van der Waals surface area contributed by atoms with E-state index in [0.29, 0.717) is 32.7 Å². The predicted molar refractivity (Wildman–Crippen MR) is 87.6 cm³/mol. The number of rotatable bonds is 5. The monoisotopic (exact) mass is 349 g/mol. The molecule has 0 bridgehead atoms. The standard InChI is InChI=1S/C16H19N3O4S/c20-12(13-2-1-9-24-13)10-17-5-7-18(8-6-17)16(23)11-19-14(21)3-4-15(19)22/h1-2,9H,3-8,10-11H2. The van der Waals surface area contributed by atoms with Crippen LogP contribution in [0.3, 0.4) is 0 Å². The van der Waals surface area contributed by atoms with E-state index in [2.05, 4.69) is 0 Å². The summed E-state index contributed by atoms with van der Waals surface area (Å²) < 4.78 is 0. The minimum absolute atomic E-state index is 0.0954. The number of piperazine rings is 1. The lowest BCUT2D eigenvalue weighted by atomic mass is 10.2. The van der Waals surface area contributed by atoms with E-state index in [1.54, 1.807) is 4.90 Å². The predicted octanol–water partition coefficient (Wildman–Crippen LogP) is 0.224. The lowest BCUT2D eigenvalue weighted by Gasteiger charge is -2.34. The Bertz CT molecular complexity index is 634. The molecule has 0 spiro atoms. The Kier molecular flexibility index (Phi) is 5.06. The van der Waals surface area contributed by atoms with Crippen molar-refractivity contribution in [2.75, 3.05) is 39.3 Å². The molecule has 3 heterocycles. The van der Waals surface area contributed by atoms with Crippen molar-refractivity contribution < 1.29 is 19.2 Å². The van der Waals surface area contributed by atoms with Crippen molar-refractivity contribution in [3.63, 3.8) is 0 Å². The molecule has 0 N–H and O–H groups in total. The number of amides is 3. The van der Waals surface area contributed by atoms with Crippen LogP contribution in [0, 0.1) is 0 Å². The first-order valence-electron chi connectivity index (χ1n) is 7.94. The molecule has 0 unspecified atom stereocenters. The van der Waals surface area contributed by atoms with Gasteiger partial charge in [0.25, 0.3) is 0 Å². The van der Waals surface area contributed by atoms with Crippen molar-refractivity contribution in [1.82, 2.24) is 14.7 Å². The first-order chi connectivity index (χ1) is 11.5. The molecule has 2 aliphatic rings. The summed E-state index contributed by atoms with van der Waals surface area (Å²) in [4.78, 5) is 53.0. The Morgan fingerprint density at radius 2 is 1.67 bits per heavy atom. The molecule has 2 saturated heterocycles. The second-order valence-electron chi connectivity index (χ2n) is 5.93. The van der Waals surface area contributed by atoms with E-state index in [-0.39, 0.29) is 42.9 Å². The van der Waals surface area contributed by atoms with E-state index in [1.807, 2.05) is 22.4 Å². The number of imide groups is 1. The number of nitrogens with zero attached hydrogens (tertiary/aromatic N) is 3. The molecule has 0 aromatic carbocycles. The van der Waals surface area contributed by atoms with Crippen LogP contribution in [-0.2, 0) is 14.4 Å². The molecule has 3 rings (SSSR count). The quantitative estimate of drug-likeness (QED) is 0.561. The lowest BCUT2D eigenvalue weighted by Crippen LogP contribution is -2.52. The second-order valence-corrected chi connectivity index (χ2v) is 6.88. The van der Waals surface area contributed by atoms with Gasteiger partial charge in [-0.05, 0) is 11.4 Å². The summed E-state index contributed by atoms with van der Waals surface area (Å²) in [5.74, 6) is -0.650. The van der Waals surface area contributed by atoms with Crippen LogP contribution >= 0.6 is 11.3 Å². The highest BCUT2D eigenvalue weighted by Crippen LogP contribution is 2.13. The molecule has 1 aromatic rings. The van der Waals surface area contributed by atoms with Gasteiger partial charge in [-0.2, -0.15) is 0 Å². The van der Waals surface area contributed by atoms with Gasteiger partial charge in [-0.25, -0.2) is 0 Å². The number of Topliss-reactive ketones (excluding diaryl/α,β-unsaturated/α-hetero) is 1. The van der Waals surface area contributed by atoms with Gasteiger partial charge in [-0.3, -0.25) is 29.0 Å². The highest BCUT2D eigenvalue weighted by atomic mass is 32.1. The van der Waals surface area contributed by atoms with Crippen molar-refractivity contribution >= 4 is 34.8 Å². The van der Waals surface area contributed by atoms with Crippen LogP contribution < -0.4 is 0 Å². The molecule has 2 fully saturated rings. The third-order valence-electron chi connectivity index (χ3n) is 4.34. The third-order valence-corrected chi connectivity index (χ3v) is 5.25. The van der Waals surface area contributed by atoms with Gasteiger partial charge in [-0.15, -0.1) is 11.3 Å². The van der Waals surface area contributed by atoms with Gasteiger partial charge in [0.2, 0.25) is 17.7 Å². The van der Waals surface area contributed by atoms with Crippen LogP contribution in [0.15, 0.2) is 17.5 Å². The number of carbonyl (C=O) groups excluding carboxylic acids is 4. The number of thiophene rings is 1. The van der Waals surface area contributed by atoms with Crippen LogP contribution in [0.25, 0.3) is 0 Å². The summed E-state index contributed by atoms with van der Waals surface area (Å²) in [5.41, 5.74) is 0. The summed E-state index contributed by atoms with van der Waals surface area (Å²) in [6, 6.07) is 3.67. The van der Waals surface area contributed by atoms with Crippen LogP contribution in [0.1, 0.15) is 22.5 Å². The molecule has 7 nitrogen and oxygen atoms in total. The van der Waals surface area contributed by atoms with Gasteiger partial charge in [0.1, 0.15) is 6.54 Å². The average molecular weight is 349 g/mol. The summed E-state index contributed by atoms with van der Waals surface area (Å²) >= 11 is 1.43. The molecule has 0 atom stereocenters. The fourth-order valence-electron chi connectivity index (χ4n) is 2.91. The van der Waals surface area contributed by atoms with E-state index in [4.69, 9.17) is 0 Å². The van der Waals surface area contributed by atoms with Crippen LogP contribution in [0.2, 0.25) is 0 Å². The van der Waals surface area contributed by atoms with E-state index in [1.165, 1.54) is 11.3 Å². The smallest absolute Gasteiger partial charge is 0.242 e. The summed E-state index contributed by atoms with van der Waals surface area (Å²) in [6.45, 7) is 2.44. The van der Waals surface area contributed by atoms with Crippen molar-refractivity contribution in [1.29, 1.82) is 0 Å². The van der Waals surface area contributed by atoms with Gasteiger partial charge >= 0.3 is 0 Å². The molecule has 8 heteroatoms. The Balaban J connectivity index is 1.46. The number of ketones is 1. The molecule has 128 valence electrons. The van der Waals surface area contributed by atoms with Crippen molar-refractivity contribution in [3.05, 3.63) is 22.4 Å². The average Bonchev–Trinajstić information content (AvgIpc) is 3.21. The van der Waals surface area contributed by atoms with Gasteiger partial charge in [0, 0.05) is 39.0 Å². The Morgan fingerprint density at radius 3 is 2.25 bits per heavy atom. The number of likely N-dealkylation sites (tertiary alicyclic amines) is 1. The van der Waals surface area contributed by atoms with E-state index in [9.17, 15) is 19.2 Å².